The summed E-state index contributed by atoms with van der Waals surface area (Å²) >= 11 is 0. The molecule has 0 aromatic heterocycles. The molecule has 2 N–H and O–H groups in total. The summed E-state index contributed by atoms with van der Waals surface area (Å²) in [4.78, 5) is 27.2. The summed E-state index contributed by atoms with van der Waals surface area (Å²) in [5, 5.41) is 6.07. The number of rotatable bonds is 10. The van der Waals surface area contributed by atoms with E-state index in [1.54, 1.807) is 0 Å². The van der Waals surface area contributed by atoms with E-state index < -0.39 is 11.2 Å². The van der Waals surface area contributed by atoms with Gasteiger partial charge in [0.05, 0.1) is 19.7 Å². The van der Waals surface area contributed by atoms with Crippen LogP contribution in [0.4, 0.5) is 0 Å². The second-order valence-electron chi connectivity index (χ2n) is 10.3. The highest BCUT2D eigenvalue weighted by Crippen LogP contribution is 2.48. The van der Waals surface area contributed by atoms with Gasteiger partial charge in [-0.05, 0) is 37.8 Å². The fraction of sp³-hybridized carbons (Fsp3) is 0.500. The SMILES string of the molecule is C[C@]1(CNC(=O)CCc2ccccc2)O[C@H]2CO[C@@H]3N2[C@H]1O[C@]3(C)CNC(=O)CCc1ccccc1. The number of aryl methyl sites for hydroxylation is 2. The fourth-order valence-electron chi connectivity index (χ4n) is 5.33. The maximum Gasteiger partial charge on any atom is 0.220 e. The minimum atomic E-state index is -0.718. The Morgan fingerprint density at radius 2 is 1.31 bits per heavy atom. The molecule has 0 aliphatic carbocycles. The minimum Gasteiger partial charge on any atom is -0.356 e. The molecule has 3 aliphatic heterocycles. The number of nitrogens with one attached hydrogen (secondary N) is 2. The lowest BCUT2D eigenvalue weighted by molar-refractivity contribution is -0.138. The summed E-state index contributed by atoms with van der Waals surface area (Å²) in [7, 11) is 0. The van der Waals surface area contributed by atoms with Gasteiger partial charge in [0, 0.05) is 12.8 Å². The van der Waals surface area contributed by atoms with Crippen LogP contribution in [0.3, 0.4) is 0 Å². The van der Waals surface area contributed by atoms with Gasteiger partial charge < -0.3 is 24.8 Å². The predicted octanol–water partition coefficient (Wildman–Crippen LogP) is 2.37. The number of hydrogen-bond donors (Lipinski definition) is 2. The predicted molar refractivity (Wildman–Crippen MR) is 134 cm³/mol. The molecule has 0 spiro atoms. The van der Waals surface area contributed by atoms with Crippen LogP contribution in [0.5, 0.6) is 0 Å². The Balaban J connectivity index is 1.14. The molecule has 2 amide bonds. The lowest BCUT2D eigenvalue weighted by Crippen LogP contribution is -2.51. The van der Waals surface area contributed by atoms with Crippen molar-refractivity contribution in [1.29, 1.82) is 0 Å². The van der Waals surface area contributed by atoms with E-state index in [0.717, 1.165) is 11.1 Å². The zero-order chi connectivity index (χ0) is 25.2. The molecule has 3 heterocycles. The molecular weight excluding hydrogens is 458 g/mol. The highest BCUT2D eigenvalue weighted by atomic mass is 16.7. The van der Waals surface area contributed by atoms with E-state index in [1.165, 1.54) is 0 Å². The minimum absolute atomic E-state index is 0.0185. The van der Waals surface area contributed by atoms with Gasteiger partial charge >= 0.3 is 0 Å². The normalized spacial score (nSPS) is 30.8. The van der Waals surface area contributed by atoms with Crippen molar-refractivity contribution in [2.75, 3.05) is 19.7 Å². The summed E-state index contributed by atoms with van der Waals surface area (Å²) in [6, 6.07) is 20.0. The third-order valence-electron chi connectivity index (χ3n) is 7.34. The molecule has 3 fully saturated rings. The van der Waals surface area contributed by atoms with Crippen LogP contribution in [-0.4, -0.2) is 66.3 Å². The van der Waals surface area contributed by atoms with Gasteiger partial charge in [0.15, 0.2) is 0 Å². The number of amides is 2. The highest BCUT2D eigenvalue weighted by Gasteiger charge is 2.67. The van der Waals surface area contributed by atoms with Gasteiger partial charge in [-0.3, -0.25) is 9.59 Å². The molecule has 8 nitrogen and oxygen atoms in total. The van der Waals surface area contributed by atoms with Gasteiger partial charge in [0.2, 0.25) is 11.8 Å². The monoisotopic (exact) mass is 493 g/mol. The van der Waals surface area contributed by atoms with Crippen LogP contribution in [0.15, 0.2) is 60.7 Å². The molecule has 192 valence electrons. The first kappa shape index (κ1) is 24.9. The van der Waals surface area contributed by atoms with Crippen molar-refractivity contribution in [2.24, 2.45) is 0 Å². The molecule has 5 atom stereocenters. The molecule has 5 rings (SSSR count). The summed E-state index contributed by atoms with van der Waals surface area (Å²) < 4.78 is 18.8. The molecule has 2 aromatic rings. The van der Waals surface area contributed by atoms with Crippen LogP contribution in [0.25, 0.3) is 0 Å². The van der Waals surface area contributed by atoms with E-state index in [2.05, 4.69) is 15.5 Å². The van der Waals surface area contributed by atoms with Gasteiger partial charge in [0.1, 0.15) is 29.9 Å². The smallest absolute Gasteiger partial charge is 0.220 e. The highest BCUT2D eigenvalue weighted by molar-refractivity contribution is 5.76. The van der Waals surface area contributed by atoms with Gasteiger partial charge in [-0.1, -0.05) is 60.7 Å². The molecule has 36 heavy (non-hydrogen) atoms. The van der Waals surface area contributed by atoms with Crippen LogP contribution < -0.4 is 10.6 Å². The molecule has 3 aliphatic rings. The van der Waals surface area contributed by atoms with Crippen LogP contribution >= 0.6 is 0 Å². The average Bonchev–Trinajstić information content (AvgIpc) is 3.53. The van der Waals surface area contributed by atoms with Crippen molar-refractivity contribution < 1.29 is 23.8 Å². The zero-order valence-corrected chi connectivity index (χ0v) is 20.9. The van der Waals surface area contributed by atoms with Crippen LogP contribution in [0, 0.1) is 0 Å². The zero-order valence-electron chi connectivity index (χ0n) is 20.9. The lowest BCUT2D eigenvalue weighted by atomic mass is 10.0. The summed E-state index contributed by atoms with van der Waals surface area (Å²) in [6.07, 6.45) is 1.28. The van der Waals surface area contributed by atoms with E-state index in [1.807, 2.05) is 74.5 Å². The van der Waals surface area contributed by atoms with E-state index in [9.17, 15) is 9.59 Å². The Hall–Kier alpha value is -2.78. The number of carbonyl (C=O) groups excluding carboxylic acids is 2. The van der Waals surface area contributed by atoms with Crippen LogP contribution in [0.1, 0.15) is 37.8 Å². The molecule has 0 radical (unpaired) electrons. The van der Waals surface area contributed by atoms with Crippen LogP contribution in [-0.2, 0) is 36.6 Å². The molecule has 3 saturated heterocycles. The van der Waals surface area contributed by atoms with Crippen molar-refractivity contribution in [1.82, 2.24) is 15.5 Å². The number of benzene rings is 2. The Bertz CT molecular complexity index is 1010. The third-order valence-corrected chi connectivity index (χ3v) is 7.34. The largest absolute Gasteiger partial charge is 0.356 e. The first-order chi connectivity index (χ1) is 17.4. The maximum absolute atomic E-state index is 12.5. The second kappa shape index (κ2) is 10.3. The fourth-order valence-corrected chi connectivity index (χ4v) is 5.33. The number of ether oxygens (including phenoxy) is 3. The Labute approximate surface area is 212 Å². The second-order valence-corrected chi connectivity index (χ2v) is 10.3. The Kier molecular flexibility index (Phi) is 7.12. The number of nitrogens with zero attached hydrogens (tertiary/aromatic N) is 1. The van der Waals surface area contributed by atoms with Crippen molar-refractivity contribution in [2.45, 2.75) is 69.4 Å². The third kappa shape index (κ3) is 5.18. The topological polar surface area (TPSA) is 89.1 Å². The molecule has 0 bridgehead atoms. The molecule has 0 unspecified atom stereocenters. The van der Waals surface area contributed by atoms with Gasteiger partial charge in [0.25, 0.3) is 0 Å². The molecular formula is C28H35N3O5. The number of carbonyl (C=O) groups is 2. The Morgan fingerprint density at radius 1 is 0.806 bits per heavy atom. The molecule has 2 aromatic carbocycles. The summed E-state index contributed by atoms with van der Waals surface area (Å²) in [5.74, 6) is -0.0371. The van der Waals surface area contributed by atoms with Crippen molar-refractivity contribution >= 4 is 11.8 Å². The van der Waals surface area contributed by atoms with Crippen LogP contribution in [0.2, 0.25) is 0 Å². The molecule has 0 saturated carbocycles. The van der Waals surface area contributed by atoms with E-state index in [4.69, 9.17) is 14.2 Å². The van der Waals surface area contributed by atoms with E-state index in [-0.39, 0.29) is 30.5 Å². The first-order valence-corrected chi connectivity index (χ1v) is 12.7. The quantitative estimate of drug-likeness (QED) is 0.528. The first-order valence-electron chi connectivity index (χ1n) is 12.7. The van der Waals surface area contributed by atoms with Gasteiger partial charge in [-0.25, -0.2) is 4.90 Å². The van der Waals surface area contributed by atoms with Crippen molar-refractivity contribution in [3.05, 3.63) is 71.8 Å². The number of hydrogen-bond acceptors (Lipinski definition) is 6. The average molecular weight is 494 g/mol. The van der Waals surface area contributed by atoms with E-state index >= 15 is 0 Å². The molecule has 8 heteroatoms. The lowest BCUT2D eigenvalue weighted by Gasteiger charge is -2.32. The summed E-state index contributed by atoms with van der Waals surface area (Å²) in [6.45, 7) is 5.04. The Morgan fingerprint density at radius 3 is 1.83 bits per heavy atom. The van der Waals surface area contributed by atoms with E-state index in [0.29, 0.717) is 45.4 Å². The maximum atomic E-state index is 12.5. The summed E-state index contributed by atoms with van der Waals surface area (Å²) in [5.41, 5.74) is 0.837. The van der Waals surface area contributed by atoms with Gasteiger partial charge in [-0.2, -0.15) is 0 Å². The standard InChI is InChI=1S/C28H35N3O5/c1-27(18-29-22(32)15-13-20-9-5-3-6-10-20)25-31-24(17-34-25)35-28(2,26(31)36-27)19-30-23(33)16-14-21-11-7-4-8-12-21/h3-12,24-26H,13-19H2,1-2H3,(H,29,32)(H,30,33)/t24-,25-,26-,27+,28+/m0/s1. The van der Waals surface area contributed by atoms with Gasteiger partial charge in [-0.15, -0.1) is 0 Å². The van der Waals surface area contributed by atoms with Crippen molar-refractivity contribution in [3.8, 4) is 0 Å². The van der Waals surface area contributed by atoms with Crippen molar-refractivity contribution in [3.63, 3.8) is 0 Å².